The van der Waals surface area contributed by atoms with E-state index in [2.05, 4.69) is 15.9 Å². The van der Waals surface area contributed by atoms with Crippen molar-refractivity contribution in [3.8, 4) is 0 Å². The number of sulfone groups is 1. The van der Waals surface area contributed by atoms with Crippen LogP contribution in [0.5, 0.6) is 0 Å². The number of halogens is 1. The number of nitrogens with zero attached hydrogens (tertiary/aromatic N) is 2. The Kier molecular flexibility index (Phi) is 4.75. The molecule has 2 heterocycles. The fraction of sp³-hybridized carbons (Fsp3) is 0.125. The van der Waals surface area contributed by atoms with Gasteiger partial charge in [-0.3, -0.25) is 9.80 Å². The third kappa shape index (κ3) is 3.11. The van der Waals surface area contributed by atoms with Crippen LogP contribution in [-0.4, -0.2) is 19.6 Å². The summed E-state index contributed by atoms with van der Waals surface area (Å²) in [5.74, 6) is -0.162. The average molecular weight is 495 g/mol. The Morgan fingerprint density at radius 3 is 2.23 bits per heavy atom. The van der Waals surface area contributed by atoms with Gasteiger partial charge in [-0.1, -0.05) is 59.3 Å². The highest BCUT2D eigenvalue weighted by Crippen LogP contribution is 2.39. The molecule has 1 aromatic heterocycles. The van der Waals surface area contributed by atoms with E-state index < -0.39 is 9.84 Å². The van der Waals surface area contributed by atoms with Crippen LogP contribution in [-0.2, 0) is 9.84 Å². The normalized spacial score (nSPS) is 15.9. The first-order valence-corrected chi connectivity index (χ1v) is 12.2. The molecule has 0 fully saturated rings. The fourth-order valence-corrected chi connectivity index (χ4v) is 6.40. The predicted molar refractivity (Wildman–Crippen MR) is 125 cm³/mol. The van der Waals surface area contributed by atoms with Crippen LogP contribution in [0, 0.1) is 0 Å². The number of hydrogen-bond acceptors (Lipinski definition) is 4. The first-order chi connectivity index (χ1) is 14.9. The van der Waals surface area contributed by atoms with Gasteiger partial charge in [-0.05, 0) is 42.5 Å². The first-order valence-electron chi connectivity index (χ1n) is 9.91. The molecule has 0 N–H and O–H groups in total. The summed E-state index contributed by atoms with van der Waals surface area (Å²) in [6, 6.07) is 23.1. The lowest BCUT2D eigenvalue weighted by Gasteiger charge is -2.23. The molecule has 156 valence electrons. The molecular formula is C24H19BrN2O3S. The summed E-state index contributed by atoms with van der Waals surface area (Å²) >= 11 is 3.44. The maximum Gasteiger partial charge on any atom is 0.277 e. The van der Waals surface area contributed by atoms with Gasteiger partial charge in [0.05, 0.1) is 21.7 Å². The largest absolute Gasteiger partial charge is 0.278 e. The molecule has 0 bridgehead atoms. The topological polar surface area (TPSA) is 59.4 Å². The molecule has 0 radical (unpaired) electrons. The Labute approximate surface area is 188 Å². The monoisotopic (exact) mass is 494 g/mol. The molecule has 31 heavy (non-hydrogen) atoms. The second-order valence-corrected chi connectivity index (χ2v) is 10.5. The summed E-state index contributed by atoms with van der Waals surface area (Å²) in [7, 11) is -3.87. The highest BCUT2D eigenvalue weighted by molar-refractivity contribution is 9.10. The van der Waals surface area contributed by atoms with Gasteiger partial charge in [0.1, 0.15) is 4.90 Å². The van der Waals surface area contributed by atoms with Crippen LogP contribution < -0.4 is 10.6 Å². The summed E-state index contributed by atoms with van der Waals surface area (Å²) < 4.78 is 30.0. The maximum atomic E-state index is 13.9. The van der Waals surface area contributed by atoms with E-state index in [-0.39, 0.29) is 21.3 Å². The quantitative estimate of drug-likeness (QED) is 0.402. The van der Waals surface area contributed by atoms with Gasteiger partial charge in [0.2, 0.25) is 9.84 Å². The average Bonchev–Trinajstić information content (AvgIpc) is 3.12. The van der Waals surface area contributed by atoms with Crippen molar-refractivity contribution in [2.75, 3.05) is 11.6 Å². The van der Waals surface area contributed by atoms with Gasteiger partial charge < -0.3 is 0 Å². The summed E-state index contributed by atoms with van der Waals surface area (Å²) in [6.45, 7) is 2.47. The van der Waals surface area contributed by atoms with Crippen molar-refractivity contribution >= 4 is 42.2 Å². The molecule has 1 atom stereocenters. The minimum absolute atomic E-state index is 0.162. The van der Waals surface area contributed by atoms with E-state index in [1.807, 2.05) is 42.3 Å². The second-order valence-electron chi connectivity index (χ2n) is 7.66. The number of para-hydroxylation sites is 1. The molecule has 7 heteroatoms. The van der Waals surface area contributed by atoms with Crippen molar-refractivity contribution in [1.82, 2.24) is 4.68 Å². The molecule has 0 amide bonds. The highest BCUT2D eigenvalue weighted by atomic mass is 79.9. The van der Waals surface area contributed by atoms with Gasteiger partial charge in [0.15, 0.2) is 0 Å². The Balaban J connectivity index is 1.93. The molecule has 5 rings (SSSR count). The first kappa shape index (κ1) is 20.0. The summed E-state index contributed by atoms with van der Waals surface area (Å²) in [6.07, 6.45) is 0. The molecule has 1 aliphatic rings. The van der Waals surface area contributed by atoms with Crippen molar-refractivity contribution < 1.29 is 8.42 Å². The van der Waals surface area contributed by atoms with Gasteiger partial charge in [0, 0.05) is 22.3 Å². The van der Waals surface area contributed by atoms with Gasteiger partial charge in [-0.25, -0.2) is 13.1 Å². The van der Waals surface area contributed by atoms with Crippen molar-refractivity contribution in [3.05, 3.63) is 99.4 Å². The summed E-state index contributed by atoms with van der Waals surface area (Å²) in [4.78, 5) is 14.0. The molecule has 0 aliphatic carbocycles. The van der Waals surface area contributed by atoms with Crippen LogP contribution in [0.25, 0.3) is 10.8 Å². The minimum atomic E-state index is -3.87. The van der Waals surface area contributed by atoms with Crippen LogP contribution in [0.15, 0.2) is 97.9 Å². The SMILES string of the molecule is CC1CN(c2ccccc2)n2c1c(S(=O)(=O)c1ccccc1)c1cc(Br)ccc1c2=O. The van der Waals surface area contributed by atoms with Crippen LogP contribution >= 0.6 is 15.9 Å². The van der Waals surface area contributed by atoms with Crippen molar-refractivity contribution in [2.24, 2.45) is 0 Å². The van der Waals surface area contributed by atoms with Crippen LogP contribution in [0.1, 0.15) is 18.5 Å². The molecule has 0 spiro atoms. The number of anilines is 1. The minimum Gasteiger partial charge on any atom is -0.278 e. The Bertz CT molecular complexity index is 1470. The van der Waals surface area contributed by atoms with Crippen LogP contribution in [0.3, 0.4) is 0 Å². The lowest BCUT2D eigenvalue weighted by Crippen LogP contribution is -2.36. The fourth-order valence-electron chi connectivity index (χ4n) is 4.27. The zero-order valence-electron chi connectivity index (χ0n) is 16.7. The van der Waals surface area contributed by atoms with E-state index in [0.717, 1.165) is 10.2 Å². The van der Waals surface area contributed by atoms with E-state index in [1.54, 1.807) is 53.2 Å². The summed E-state index contributed by atoms with van der Waals surface area (Å²) in [5.41, 5.74) is 1.13. The molecule has 3 aromatic carbocycles. The number of hydrogen-bond donors (Lipinski definition) is 0. The van der Waals surface area contributed by atoms with E-state index in [4.69, 9.17) is 0 Å². The third-order valence-electron chi connectivity index (χ3n) is 5.64. The zero-order chi connectivity index (χ0) is 21.8. The van der Waals surface area contributed by atoms with Gasteiger partial charge in [-0.2, -0.15) is 0 Å². The lowest BCUT2D eigenvalue weighted by atomic mass is 10.1. The molecule has 0 saturated heterocycles. The molecule has 5 nitrogen and oxygen atoms in total. The number of fused-ring (bicyclic) bond motifs is 2. The zero-order valence-corrected chi connectivity index (χ0v) is 19.1. The standard InChI is InChI=1S/C24H19BrN2O3S/c1-16-15-26(18-8-4-2-5-9-18)27-22(16)23(31(29,30)19-10-6-3-7-11-19)21-14-17(25)12-13-20(21)24(27)28/h2-14,16H,15H2,1H3. The van der Waals surface area contributed by atoms with Crippen LogP contribution in [0.4, 0.5) is 5.69 Å². The van der Waals surface area contributed by atoms with E-state index >= 15 is 0 Å². The molecule has 1 aliphatic heterocycles. The van der Waals surface area contributed by atoms with Crippen molar-refractivity contribution in [2.45, 2.75) is 22.6 Å². The van der Waals surface area contributed by atoms with E-state index in [1.165, 1.54) is 0 Å². The van der Waals surface area contributed by atoms with Crippen molar-refractivity contribution in [3.63, 3.8) is 0 Å². The van der Waals surface area contributed by atoms with Crippen LogP contribution in [0.2, 0.25) is 0 Å². The Morgan fingerprint density at radius 1 is 0.903 bits per heavy atom. The number of pyridine rings is 1. The predicted octanol–water partition coefficient (Wildman–Crippen LogP) is 4.98. The van der Waals surface area contributed by atoms with Crippen molar-refractivity contribution in [1.29, 1.82) is 0 Å². The number of aromatic nitrogens is 1. The summed E-state index contributed by atoms with van der Waals surface area (Å²) in [5, 5.41) is 2.68. The molecule has 0 saturated carbocycles. The molecule has 1 unspecified atom stereocenters. The smallest absolute Gasteiger partial charge is 0.277 e. The van der Waals surface area contributed by atoms with E-state index in [9.17, 15) is 13.2 Å². The Morgan fingerprint density at radius 2 is 1.55 bits per heavy atom. The van der Waals surface area contributed by atoms with Gasteiger partial charge in [-0.15, -0.1) is 0 Å². The molecular weight excluding hydrogens is 476 g/mol. The number of benzene rings is 3. The number of rotatable bonds is 3. The van der Waals surface area contributed by atoms with E-state index in [0.29, 0.717) is 23.0 Å². The molecule has 4 aromatic rings. The maximum absolute atomic E-state index is 13.9. The van der Waals surface area contributed by atoms with Gasteiger partial charge in [0.25, 0.3) is 5.56 Å². The highest BCUT2D eigenvalue weighted by Gasteiger charge is 2.37. The second kappa shape index (κ2) is 7.35. The third-order valence-corrected chi connectivity index (χ3v) is 7.99. The van der Waals surface area contributed by atoms with Gasteiger partial charge >= 0.3 is 0 Å². The Hall–Kier alpha value is -2.90. The lowest BCUT2D eigenvalue weighted by molar-refractivity contribution is 0.593.